The minimum Gasteiger partial charge on any atom is -0.378 e. The molecule has 4 aromatic rings. The summed E-state index contributed by atoms with van der Waals surface area (Å²) >= 11 is 0.826. The Morgan fingerprint density at radius 1 is 1.17 bits per heavy atom. The largest absolute Gasteiger partial charge is 0.378 e. The molecule has 1 aromatic carbocycles. The summed E-state index contributed by atoms with van der Waals surface area (Å²) in [6.45, 7) is 3.80. The molecule has 1 aliphatic rings. The third kappa shape index (κ3) is 4.62. The minimum atomic E-state index is -0.508. The maximum Gasteiger partial charge on any atom is 0.324 e. The number of nitro groups is 1. The number of anilines is 1. The van der Waals surface area contributed by atoms with Crippen molar-refractivity contribution in [2.75, 3.05) is 18.4 Å². The molecule has 1 N–H and O–H groups in total. The van der Waals surface area contributed by atoms with Crippen molar-refractivity contribution in [1.82, 2.24) is 24.6 Å². The number of para-hydroxylation sites is 1. The zero-order valence-electron chi connectivity index (χ0n) is 19.0. The molecule has 4 heterocycles. The first-order chi connectivity index (χ1) is 17.0. The Morgan fingerprint density at radius 3 is 2.63 bits per heavy atom. The average Bonchev–Trinajstić information content (AvgIpc) is 3.53. The topological polar surface area (TPSA) is 119 Å². The van der Waals surface area contributed by atoms with Gasteiger partial charge in [-0.2, -0.15) is 5.10 Å². The van der Waals surface area contributed by atoms with Crippen molar-refractivity contribution in [1.29, 1.82) is 0 Å². The highest BCUT2D eigenvalue weighted by Gasteiger charge is 2.25. The molecule has 178 valence electrons. The number of carbonyl (C=O) groups excluding carboxylic acids is 1. The van der Waals surface area contributed by atoms with Crippen molar-refractivity contribution in [3.05, 3.63) is 81.8 Å². The second-order valence-corrected chi connectivity index (χ2v) is 9.26. The van der Waals surface area contributed by atoms with Gasteiger partial charge in [0.05, 0.1) is 27.1 Å². The molecule has 0 aliphatic carbocycles. The van der Waals surface area contributed by atoms with Crippen LogP contribution in [0.4, 0.5) is 10.8 Å². The molecule has 0 radical (unpaired) electrons. The van der Waals surface area contributed by atoms with Gasteiger partial charge in [0, 0.05) is 25.1 Å². The van der Waals surface area contributed by atoms with E-state index in [9.17, 15) is 14.9 Å². The van der Waals surface area contributed by atoms with Gasteiger partial charge in [-0.05, 0) is 44.2 Å². The van der Waals surface area contributed by atoms with E-state index >= 15 is 0 Å². The lowest BCUT2D eigenvalue weighted by molar-refractivity contribution is -0.380. The molecule has 0 saturated carbocycles. The van der Waals surface area contributed by atoms with Gasteiger partial charge >= 0.3 is 5.00 Å². The summed E-state index contributed by atoms with van der Waals surface area (Å²) in [6, 6.07) is 12.4. The molecule has 1 fully saturated rings. The number of nitrogens with zero attached hydrogens (tertiary/aromatic N) is 6. The number of nitrogens with one attached hydrogen (secondary N) is 1. The standard InChI is InChI=1S/C24H23N7O3S/c1-2-12-29-13-10-16(11-14-29)21-26-22(28-24(32)19-8-9-20(35-19)31(33)34)18-15-25-30(23(18)27-21)17-6-4-3-5-7-17/h2-9,12,15-16H,10-11,13-14H2,1H3,(H,26,27,28,32). The number of fused-ring (bicyclic) bond motifs is 1. The van der Waals surface area contributed by atoms with Gasteiger partial charge in [-0.15, -0.1) is 0 Å². The first-order valence-electron chi connectivity index (χ1n) is 11.3. The molecular formula is C24H23N7O3S. The van der Waals surface area contributed by atoms with E-state index in [4.69, 9.17) is 9.97 Å². The number of thiophene rings is 1. The van der Waals surface area contributed by atoms with Gasteiger partial charge in [-0.25, -0.2) is 14.6 Å². The fourth-order valence-electron chi connectivity index (χ4n) is 4.20. The summed E-state index contributed by atoms with van der Waals surface area (Å²) in [7, 11) is 0. The predicted octanol–water partition coefficient (Wildman–Crippen LogP) is 4.75. The third-order valence-electron chi connectivity index (χ3n) is 5.93. The molecular weight excluding hydrogens is 466 g/mol. The van der Waals surface area contributed by atoms with Crippen LogP contribution in [0.5, 0.6) is 0 Å². The lowest BCUT2D eigenvalue weighted by atomic mass is 9.96. The quantitative estimate of drug-likeness (QED) is 0.307. The Kier molecular flexibility index (Phi) is 6.23. The number of rotatable bonds is 6. The number of carbonyl (C=O) groups is 1. The van der Waals surface area contributed by atoms with Crippen molar-refractivity contribution in [3.63, 3.8) is 0 Å². The van der Waals surface area contributed by atoms with Crippen LogP contribution in [0.3, 0.4) is 0 Å². The molecule has 0 spiro atoms. The predicted molar refractivity (Wildman–Crippen MR) is 134 cm³/mol. The molecule has 1 aliphatic heterocycles. The van der Waals surface area contributed by atoms with Crippen molar-refractivity contribution in [3.8, 4) is 5.69 Å². The summed E-state index contributed by atoms with van der Waals surface area (Å²) in [5, 5.41) is 18.9. The van der Waals surface area contributed by atoms with Crippen molar-refractivity contribution < 1.29 is 9.72 Å². The normalized spacial score (nSPS) is 14.6. The monoisotopic (exact) mass is 489 g/mol. The van der Waals surface area contributed by atoms with Crippen LogP contribution < -0.4 is 5.32 Å². The number of amides is 1. The number of piperidine rings is 1. The smallest absolute Gasteiger partial charge is 0.324 e. The van der Waals surface area contributed by atoms with E-state index in [1.165, 1.54) is 12.1 Å². The van der Waals surface area contributed by atoms with Gasteiger partial charge in [0.2, 0.25) is 0 Å². The summed E-state index contributed by atoms with van der Waals surface area (Å²) in [5.41, 5.74) is 1.45. The van der Waals surface area contributed by atoms with Crippen molar-refractivity contribution in [2.24, 2.45) is 0 Å². The van der Waals surface area contributed by atoms with Crippen LogP contribution in [0.2, 0.25) is 0 Å². The Balaban J connectivity index is 1.53. The molecule has 0 bridgehead atoms. The summed E-state index contributed by atoms with van der Waals surface area (Å²) < 4.78 is 1.74. The second kappa shape index (κ2) is 9.63. The Morgan fingerprint density at radius 2 is 1.94 bits per heavy atom. The highest BCUT2D eigenvalue weighted by molar-refractivity contribution is 7.17. The van der Waals surface area contributed by atoms with E-state index in [2.05, 4.69) is 21.5 Å². The highest BCUT2D eigenvalue weighted by Crippen LogP contribution is 2.31. The summed E-state index contributed by atoms with van der Waals surface area (Å²) in [4.78, 5) is 35.6. The van der Waals surface area contributed by atoms with E-state index in [1.807, 2.05) is 43.3 Å². The fraction of sp³-hybridized carbons (Fsp3) is 0.250. The van der Waals surface area contributed by atoms with E-state index in [1.54, 1.807) is 10.9 Å². The molecule has 0 atom stereocenters. The molecule has 0 unspecified atom stereocenters. The van der Waals surface area contributed by atoms with Crippen molar-refractivity contribution in [2.45, 2.75) is 25.7 Å². The number of aromatic nitrogens is 4. The molecule has 5 rings (SSSR count). The van der Waals surface area contributed by atoms with Crippen LogP contribution >= 0.6 is 11.3 Å². The van der Waals surface area contributed by atoms with Crippen LogP contribution in [0, 0.1) is 10.1 Å². The average molecular weight is 490 g/mol. The van der Waals surface area contributed by atoms with Crippen LogP contribution in [0.25, 0.3) is 16.7 Å². The van der Waals surface area contributed by atoms with E-state index in [-0.39, 0.29) is 15.8 Å². The van der Waals surface area contributed by atoms with Crippen molar-refractivity contribution >= 4 is 39.1 Å². The van der Waals surface area contributed by atoms with Crippen LogP contribution in [0.15, 0.2) is 60.9 Å². The first-order valence-corrected chi connectivity index (χ1v) is 12.1. The molecule has 35 heavy (non-hydrogen) atoms. The van der Waals surface area contributed by atoms with Gasteiger partial charge in [0.15, 0.2) is 5.65 Å². The third-order valence-corrected chi connectivity index (χ3v) is 6.96. The molecule has 10 nitrogen and oxygen atoms in total. The zero-order chi connectivity index (χ0) is 24.4. The summed E-state index contributed by atoms with van der Waals surface area (Å²) in [6.07, 6.45) is 7.54. The molecule has 1 amide bonds. The Hall–Kier alpha value is -4.12. The van der Waals surface area contributed by atoms with Crippen LogP contribution in [-0.4, -0.2) is 48.6 Å². The van der Waals surface area contributed by atoms with Gasteiger partial charge in [0.25, 0.3) is 5.91 Å². The van der Waals surface area contributed by atoms with Gasteiger partial charge in [-0.3, -0.25) is 14.9 Å². The molecule has 11 heteroatoms. The number of hydrogen-bond donors (Lipinski definition) is 1. The van der Waals surface area contributed by atoms with Gasteiger partial charge in [0.1, 0.15) is 11.6 Å². The van der Waals surface area contributed by atoms with E-state index in [0.717, 1.165) is 43.0 Å². The number of allylic oxidation sites excluding steroid dienone is 1. The van der Waals surface area contributed by atoms with Gasteiger partial charge in [-0.1, -0.05) is 35.6 Å². The van der Waals surface area contributed by atoms with Crippen LogP contribution in [0.1, 0.15) is 41.2 Å². The maximum absolute atomic E-state index is 12.9. The number of likely N-dealkylation sites (tertiary alicyclic amines) is 1. The highest BCUT2D eigenvalue weighted by atomic mass is 32.1. The Labute approximate surface area is 205 Å². The maximum atomic E-state index is 12.9. The van der Waals surface area contributed by atoms with E-state index < -0.39 is 10.8 Å². The van der Waals surface area contributed by atoms with Gasteiger partial charge < -0.3 is 10.2 Å². The minimum absolute atomic E-state index is 0.0894. The first kappa shape index (κ1) is 22.7. The molecule has 3 aromatic heterocycles. The van der Waals surface area contributed by atoms with E-state index in [0.29, 0.717) is 22.7 Å². The number of benzene rings is 1. The fourth-order valence-corrected chi connectivity index (χ4v) is 4.91. The SMILES string of the molecule is CC=CN1CCC(c2nc(NC(=O)c3ccc([N+](=O)[O-])s3)c3cnn(-c4ccccc4)c3n2)CC1. The Bertz CT molecular complexity index is 1410. The zero-order valence-corrected chi connectivity index (χ0v) is 19.8. The number of hydrogen-bond acceptors (Lipinski definition) is 8. The van der Waals surface area contributed by atoms with Crippen LogP contribution in [-0.2, 0) is 0 Å². The second-order valence-electron chi connectivity index (χ2n) is 8.20. The molecule has 1 saturated heterocycles. The summed E-state index contributed by atoms with van der Waals surface area (Å²) in [5.74, 6) is 0.690. The lowest BCUT2D eigenvalue weighted by Gasteiger charge is -2.30. The lowest BCUT2D eigenvalue weighted by Crippen LogP contribution is -2.29.